The predicted octanol–water partition coefficient (Wildman–Crippen LogP) is 4.46. The number of rotatable bonds is 15. The van der Waals surface area contributed by atoms with Crippen LogP contribution in [0.5, 0.6) is 0 Å². The highest BCUT2D eigenvalue weighted by atomic mass is 16.1. The number of aliphatic imine (C=N–C) groups is 1. The monoisotopic (exact) mass is 350 g/mol. The van der Waals surface area contributed by atoms with Gasteiger partial charge in [-0.2, -0.15) is 0 Å². The van der Waals surface area contributed by atoms with Gasteiger partial charge in [-0.1, -0.05) is 44.6 Å². The molecule has 0 aromatic rings. The van der Waals surface area contributed by atoms with E-state index in [1.165, 1.54) is 64.2 Å². The first kappa shape index (κ1) is 21.9. The van der Waals surface area contributed by atoms with Crippen LogP contribution in [0.4, 0.5) is 0 Å². The lowest BCUT2D eigenvalue weighted by Crippen LogP contribution is -2.55. The Morgan fingerprint density at radius 1 is 1.20 bits per heavy atom. The van der Waals surface area contributed by atoms with Crippen LogP contribution in [0.15, 0.2) is 17.6 Å². The molecule has 4 heteroatoms. The Morgan fingerprint density at radius 2 is 1.84 bits per heavy atom. The maximum Gasteiger partial charge on any atom is 0.217 e. The molecule has 0 spiro atoms. The van der Waals surface area contributed by atoms with E-state index in [0.29, 0.717) is 6.17 Å². The third kappa shape index (κ3) is 8.66. The smallest absolute Gasteiger partial charge is 0.217 e. The second-order valence-electron chi connectivity index (χ2n) is 7.43. The third-order valence-corrected chi connectivity index (χ3v) is 5.54. The van der Waals surface area contributed by atoms with Crippen molar-refractivity contribution < 1.29 is 9.28 Å². The maximum absolute atomic E-state index is 11.1. The molecule has 0 bridgehead atoms. The zero-order valence-electron chi connectivity index (χ0n) is 16.6. The Hall–Kier alpha value is -1.16. The summed E-state index contributed by atoms with van der Waals surface area (Å²) in [5, 5.41) is 2.95. The lowest BCUT2D eigenvalue weighted by atomic mass is 10.1. The number of likely N-dealkylation sites (N-methyl/N-ethyl adjacent to an activating group) is 1. The molecule has 144 valence electrons. The molecule has 1 rings (SSSR count). The highest BCUT2D eigenvalue weighted by Gasteiger charge is 2.37. The summed E-state index contributed by atoms with van der Waals surface area (Å²) in [5.74, 6) is 0.0652. The molecule has 4 nitrogen and oxygen atoms in total. The Morgan fingerprint density at radius 3 is 2.44 bits per heavy atom. The summed E-state index contributed by atoms with van der Waals surface area (Å²) < 4.78 is 1.02. The fourth-order valence-corrected chi connectivity index (χ4v) is 3.81. The number of quaternary nitrogens is 1. The Bertz CT molecular complexity index is 408. The molecule has 0 aliphatic carbocycles. The number of carbonyl (C=O) groups is 1. The molecule has 1 aliphatic heterocycles. The van der Waals surface area contributed by atoms with Crippen LogP contribution in [0.2, 0.25) is 0 Å². The summed E-state index contributed by atoms with van der Waals surface area (Å²) in [7, 11) is 0. The molecule has 2 unspecified atom stereocenters. The van der Waals surface area contributed by atoms with Crippen molar-refractivity contribution in [1.82, 2.24) is 5.32 Å². The average molecular weight is 351 g/mol. The van der Waals surface area contributed by atoms with Crippen LogP contribution in [0.3, 0.4) is 0 Å². The molecule has 0 radical (unpaired) electrons. The molecular weight excluding hydrogens is 310 g/mol. The van der Waals surface area contributed by atoms with Gasteiger partial charge in [-0.3, -0.25) is 9.28 Å². The van der Waals surface area contributed by atoms with Crippen LogP contribution >= 0.6 is 0 Å². The van der Waals surface area contributed by atoms with Crippen molar-refractivity contribution in [2.24, 2.45) is 4.99 Å². The fourth-order valence-electron chi connectivity index (χ4n) is 3.81. The van der Waals surface area contributed by atoms with Crippen molar-refractivity contribution in [2.45, 2.75) is 84.2 Å². The minimum absolute atomic E-state index is 0.0652. The molecule has 1 aliphatic rings. The minimum atomic E-state index is 0.0652. The van der Waals surface area contributed by atoms with Gasteiger partial charge in [0.2, 0.25) is 5.91 Å². The number of amides is 1. The van der Waals surface area contributed by atoms with E-state index in [9.17, 15) is 4.79 Å². The molecule has 0 aromatic heterocycles. The Labute approximate surface area is 155 Å². The van der Waals surface area contributed by atoms with Crippen LogP contribution < -0.4 is 5.32 Å². The van der Waals surface area contributed by atoms with E-state index in [4.69, 9.17) is 4.99 Å². The van der Waals surface area contributed by atoms with Gasteiger partial charge in [0.15, 0.2) is 6.17 Å². The maximum atomic E-state index is 11.1. The summed E-state index contributed by atoms with van der Waals surface area (Å²) in [6, 6.07) is 0. The first-order chi connectivity index (χ1) is 12.1. The molecule has 2 atom stereocenters. The van der Waals surface area contributed by atoms with Gasteiger partial charge < -0.3 is 5.32 Å². The van der Waals surface area contributed by atoms with Crippen LogP contribution in [0, 0.1) is 0 Å². The van der Waals surface area contributed by atoms with Gasteiger partial charge in [-0.15, -0.1) is 6.58 Å². The lowest BCUT2D eigenvalue weighted by Gasteiger charge is -2.38. The van der Waals surface area contributed by atoms with Gasteiger partial charge in [0.25, 0.3) is 0 Å². The Kier molecular flexibility index (Phi) is 11.5. The zero-order chi connectivity index (χ0) is 18.4. The first-order valence-electron chi connectivity index (χ1n) is 10.4. The van der Waals surface area contributed by atoms with E-state index in [1.807, 2.05) is 6.08 Å². The summed E-state index contributed by atoms with van der Waals surface area (Å²) in [6.45, 7) is 11.5. The van der Waals surface area contributed by atoms with E-state index >= 15 is 0 Å². The second-order valence-corrected chi connectivity index (χ2v) is 7.43. The van der Waals surface area contributed by atoms with Crippen LogP contribution in [-0.4, -0.2) is 48.9 Å². The van der Waals surface area contributed by atoms with Crippen molar-refractivity contribution in [2.75, 3.05) is 26.2 Å². The summed E-state index contributed by atoms with van der Waals surface area (Å²) in [4.78, 5) is 15.9. The second kappa shape index (κ2) is 13.1. The largest absolute Gasteiger partial charge is 0.351 e. The van der Waals surface area contributed by atoms with Crippen LogP contribution in [0.25, 0.3) is 0 Å². The minimum Gasteiger partial charge on any atom is -0.351 e. The topological polar surface area (TPSA) is 41.5 Å². The predicted molar refractivity (Wildman–Crippen MR) is 108 cm³/mol. The molecule has 1 N–H and O–H groups in total. The van der Waals surface area contributed by atoms with Gasteiger partial charge in [0, 0.05) is 13.3 Å². The molecular formula is C21H40N3O+. The van der Waals surface area contributed by atoms with E-state index in [-0.39, 0.29) is 5.91 Å². The van der Waals surface area contributed by atoms with Crippen LogP contribution in [0.1, 0.15) is 78.1 Å². The van der Waals surface area contributed by atoms with Gasteiger partial charge in [-0.05, 0) is 26.2 Å². The van der Waals surface area contributed by atoms with Crippen molar-refractivity contribution in [3.05, 3.63) is 12.7 Å². The average Bonchev–Trinajstić information content (AvgIpc) is 2.99. The molecule has 1 amide bonds. The van der Waals surface area contributed by atoms with E-state index in [0.717, 1.165) is 30.7 Å². The molecule has 0 aromatic carbocycles. The molecule has 1 heterocycles. The number of nitrogens with one attached hydrogen (secondary N) is 1. The van der Waals surface area contributed by atoms with Crippen molar-refractivity contribution in [3.63, 3.8) is 0 Å². The van der Waals surface area contributed by atoms with E-state index in [2.05, 4.69) is 25.0 Å². The number of hydrogen-bond donors (Lipinski definition) is 1. The normalized spacial score (nSPS) is 22.2. The zero-order valence-corrected chi connectivity index (χ0v) is 16.6. The summed E-state index contributed by atoms with van der Waals surface area (Å²) >= 11 is 0. The molecule has 0 saturated heterocycles. The molecule has 0 fully saturated rings. The quantitative estimate of drug-likeness (QED) is 0.264. The number of hydrogen-bond acceptors (Lipinski definition) is 2. The van der Waals surface area contributed by atoms with Gasteiger partial charge in [0.05, 0.1) is 25.8 Å². The van der Waals surface area contributed by atoms with Crippen LogP contribution in [-0.2, 0) is 4.79 Å². The molecule has 0 saturated carbocycles. The number of nitrogens with zero attached hydrogens (tertiary/aromatic N) is 2. The lowest BCUT2D eigenvalue weighted by molar-refractivity contribution is -0.935. The standard InChI is InChI=1S/C21H39N3O/c1-4-6-7-8-9-10-11-12-13-14-15-21-23-17-19-24(21,5-2)18-16-22-20(3)25/h4,17,21H,1,5-16,18-19H2,2-3H3/p+1. The van der Waals surface area contributed by atoms with E-state index < -0.39 is 0 Å². The number of unbranched alkanes of at least 4 members (excludes halogenated alkanes) is 8. The Balaban J connectivity index is 2.14. The van der Waals surface area contributed by atoms with Gasteiger partial charge in [0.1, 0.15) is 6.54 Å². The molecule has 25 heavy (non-hydrogen) atoms. The van der Waals surface area contributed by atoms with Gasteiger partial charge in [-0.25, -0.2) is 4.99 Å². The highest BCUT2D eigenvalue weighted by molar-refractivity contribution is 5.72. The van der Waals surface area contributed by atoms with Crippen molar-refractivity contribution >= 4 is 12.1 Å². The van der Waals surface area contributed by atoms with Crippen molar-refractivity contribution in [3.8, 4) is 0 Å². The fraction of sp³-hybridized carbons (Fsp3) is 0.810. The highest BCUT2D eigenvalue weighted by Crippen LogP contribution is 2.24. The summed E-state index contributed by atoms with van der Waals surface area (Å²) in [5.41, 5.74) is 0. The third-order valence-electron chi connectivity index (χ3n) is 5.54. The van der Waals surface area contributed by atoms with Crippen molar-refractivity contribution in [1.29, 1.82) is 0 Å². The summed E-state index contributed by atoms with van der Waals surface area (Å²) in [6.07, 6.45) is 17.6. The number of carbonyl (C=O) groups excluding carboxylic acids is 1. The van der Waals surface area contributed by atoms with Gasteiger partial charge >= 0.3 is 0 Å². The number of allylic oxidation sites excluding steroid dienone is 1. The SMILES string of the molecule is C=CCCCCCCCCCCC1N=CC[N+]1(CC)CCNC(C)=O. The van der Waals surface area contributed by atoms with E-state index in [1.54, 1.807) is 6.92 Å². The first-order valence-corrected chi connectivity index (χ1v) is 10.4.